The number of likely N-dealkylation sites (tertiary alicyclic amines) is 1. The molecule has 0 aromatic carbocycles. The van der Waals surface area contributed by atoms with Crippen molar-refractivity contribution in [3.05, 3.63) is 58.7 Å². The van der Waals surface area contributed by atoms with Gasteiger partial charge in [0.2, 0.25) is 5.91 Å². The Bertz CT molecular complexity index is 651. The van der Waals surface area contributed by atoms with Gasteiger partial charge < -0.3 is 9.32 Å². The predicted octanol–water partition coefficient (Wildman–Crippen LogP) is 3.81. The van der Waals surface area contributed by atoms with Gasteiger partial charge in [-0.25, -0.2) is 0 Å². The monoisotopic (exact) mass is 346 g/mol. The van der Waals surface area contributed by atoms with E-state index in [1.165, 1.54) is 0 Å². The quantitative estimate of drug-likeness (QED) is 0.793. The molecule has 3 heterocycles. The van der Waals surface area contributed by atoms with Gasteiger partial charge in [0.15, 0.2) is 4.67 Å². The Labute approximate surface area is 131 Å². The van der Waals surface area contributed by atoms with Crippen molar-refractivity contribution < 1.29 is 9.21 Å². The first kappa shape index (κ1) is 14.1. The summed E-state index contributed by atoms with van der Waals surface area (Å²) >= 11 is 3.24. The molecule has 0 aliphatic carbocycles. The lowest BCUT2D eigenvalue weighted by Crippen LogP contribution is -2.28. The molecule has 0 bridgehead atoms. The van der Waals surface area contributed by atoms with Gasteiger partial charge in [-0.15, -0.1) is 0 Å². The van der Waals surface area contributed by atoms with Crippen LogP contribution in [0.2, 0.25) is 0 Å². The van der Waals surface area contributed by atoms with E-state index in [1.54, 1.807) is 30.6 Å². The van der Waals surface area contributed by atoms with Gasteiger partial charge in [0.25, 0.3) is 0 Å². The summed E-state index contributed by atoms with van der Waals surface area (Å²) < 4.78 is 6.02. The average Bonchev–Trinajstić information content (AvgIpc) is 3.14. The first-order chi connectivity index (χ1) is 10.2. The number of nitrogens with zero attached hydrogens (tertiary/aromatic N) is 2. The third-order valence-corrected chi connectivity index (χ3v) is 4.04. The first-order valence-electron chi connectivity index (χ1n) is 6.88. The summed E-state index contributed by atoms with van der Waals surface area (Å²) in [6.07, 6.45) is 8.84. The van der Waals surface area contributed by atoms with Gasteiger partial charge in [0, 0.05) is 25.0 Å². The van der Waals surface area contributed by atoms with Crippen LogP contribution in [0.4, 0.5) is 0 Å². The van der Waals surface area contributed by atoms with Crippen LogP contribution in [-0.4, -0.2) is 22.3 Å². The van der Waals surface area contributed by atoms with E-state index in [0.717, 1.165) is 24.9 Å². The second-order valence-corrected chi connectivity index (χ2v) is 5.73. The van der Waals surface area contributed by atoms with Crippen molar-refractivity contribution in [2.45, 2.75) is 18.9 Å². The molecule has 5 heteroatoms. The SMILES string of the molecule is O=C(C=Cc1ccc(Br)o1)N1CCCC1c1ccncc1. The van der Waals surface area contributed by atoms with Crippen LogP contribution < -0.4 is 0 Å². The number of carbonyl (C=O) groups excluding carboxylic acids is 1. The zero-order valence-electron chi connectivity index (χ0n) is 11.4. The van der Waals surface area contributed by atoms with E-state index in [4.69, 9.17) is 4.42 Å². The third kappa shape index (κ3) is 3.24. The van der Waals surface area contributed by atoms with Gasteiger partial charge in [-0.1, -0.05) is 0 Å². The lowest BCUT2D eigenvalue weighted by atomic mass is 10.1. The molecule has 3 rings (SSSR count). The average molecular weight is 347 g/mol. The number of aromatic nitrogens is 1. The minimum Gasteiger partial charge on any atom is -0.450 e. The van der Waals surface area contributed by atoms with Crippen LogP contribution in [0.1, 0.15) is 30.2 Å². The number of hydrogen-bond acceptors (Lipinski definition) is 3. The largest absolute Gasteiger partial charge is 0.450 e. The zero-order chi connectivity index (χ0) is 14.7. The Morgan fingerprint density at radius 2 is 2.14 bits per heavy atom. The summed E-state index contributed by atoms with van der Waals surface area (Å²) in [7, 11) is 0. The van der Waals surface area contributed by atoms with E-state index in [-0.39, 0.29) is 11.9 Å². The molecule has 21 heavy (non-hydrogen) atoms. The Kier molecular flexibility index (Phi) is 4.20. The lowest BCUT2D eigenvalue weighted by molar-refractivity contribution is -0.126. The standard InChI is InChI=1S/C16H15BrN2O2/c17-15-5-3-13(21-15)4-6-16(20)19-11-1-2-14(19)12-7-9-18-10-8-12/h3-10,14H,1-2,11H2. The molecule has 108 valence electrons. The molecular formula is C16H15BrN2O2. The van der Waals surface area contributed by atoms with Gasteiger partial charge in [0.05, 0.1) is 6.04 Å². The highest BCUT2D eigenvalue weighted by molar-refractivity contribution is 9.10. The van der Waals surface area contributed by atoms with Gasteiger partial charge in [0.1, 0.15) is 5.76 Å². The minimum absolute atomic E-state index is 0.0156. The molecule has 0 spiro atoms. The number of amides is 1. The molecule has 2 aromatic heterocycles. The van der Waals surface area contributed by atoms with Crippen molar-refractivity contribution in [1.82, 2.24) is 9.88 Å². The fourth-order valence-electron chi connectivity index (χ4n) is 2.63. The normalized spacial score (nSPS) is 18.5. The summed E-state index contributed by atoms with van der Waals surface area (Å²) in [6, 6.07) is 7.72. The highest BCUT2D eigenvalue weighted by Crippen LogP contribution is 2.31. The molecule has 0 saturated carbocycles. The van der Waals surface area contributed by atoms with E-state index in [0.29, 0.717) is 10.4 Å². The molecule has 1 saturated heterocycles. The molecule has 0 radical (unpaired) electrons. The van der Waals surface area contributed by atoms with E-state index in [2.05, 4.69) is 20.9 Å². The van der Waals surface area contributed by atoms with Crippen LogP contribution in [0, 0.1) is 0 Å². The van der Waals surface area contributed by atoms with E-state index >= 15 is 0 Å². The predicted molar refractivity (Wildman–Crippen MR) is 83.4 cm³/mol. The minimum atomic E-state index is 0.0156. The highest BCUT2D eigenvalue weighted by Gasteiger charge is 2.28. The first-order valence-corrected chi connectivity index (χ1v) is 7.67. The molecule has 0 N–H and O–H groups in total. The summed E-state index contributed by atoms with van der Waals surface area (Å²) in [5.74, 6) is 0.678. The summed E-state index contributed by atoms with van der Waals surface area (Å²) in [5.41, 5.74) is 1.14. The Hall–Kier alpha value is -1.88. The Morgan fingerprint density at radius 3 is 2.86 bits per heavy atom. The number of pyridine rings is 1. The number of rotatable bonds is 3. The van der Waals surface area contributed by atoms with Crippen LogP contribution in [0.25, 0.3) is 6.08 Å². The van der Waals surface area contributed by atoms with Gasteiger partial charge in [-0.2, -0.15) is 0 Å². The number of furan rings is 1. The van der Waals surface area contributed by atoms with Crippen LogP contribution >= 0.6 is 15.9 Å². The van der Waals surface area contributed by atoms with Crippen molar-refractivity contribution >= 4 is 27.9 Å². The lowest BCUT2D eigenvalue weighted by Gasteiger charge is -2.23. The van der Waals surface area contributed by atoms with Crippen molar-refractivity contribution in [1.29, 1.82) is 0 Å². The molecule has 1 aliphatic rings. The summed E-state index contributed by atoms with van der Waals surface area (Å²) in [4.78, 5) is 18.3. The highest BCUT2D eigenvalue weighted by atomic mass is 79.9. The van der Waals surface area contributed by atoms with Crippen molar-refractivity contribution in [2.24, 2.45) is 0 Å². The van der Waals surface area contributed by atoms with Gasteiger partial charge >= 0.3 is 0 Å². The maximum absolute atomic E-state index is 12.4. The molecule has 1 amide bonds. The molecule has 4 nitrogen and oxygen atoms in total. The van der Waals surface area contributed by atoms with E-state index < -0.39 is 0 Å². The number of halogens is 1. The topological polar surface area (TPSA) is 46.3 Å². The zero-order valence-corrected chi connectivity index (χ0v) is 13.0. The van der Waals surface area contributed by atoms with Crippen LogP contribution in [0.15, 0.2) is 51.8 Å². The van der Waals surface area contributed by atoms with Crippen LogP contribution in [0.3, 0.4) is 0 Å². The molecule has 1 aliphatic heterocycles. The van der Waals surface area contributed by atoms with E-state index in [9.17, 15) is 4.79 Å². The second-order valence-electron chi connectivity index (χ2n) is 4.95. The van der Waals surface area contributed by atoms with Crippen molar-refractivity contribution in [3.63, 3.8) is 0 Å². The molecule has 1 atom stereocenters. The second kappa shape index (κ2) is 6.26. The maximum atomic E-state index is 12.4. The summed E-state index contributed by atoms with van der Waals surface area (Å²) in [6.45, 7) is 0.790. The van der Waals surface area contributed by atoms with Crippen molar-refractivity contribution in [3.8, 4) is 0 Å². The smallest absolute Gasteiger partial charge is 0.247 e. The van der Waals surface area contributed by atoms with Crippen LogP contribution in [-0.2, 0) is 4.79 Å². The van der Waals surface area contributed by atoms with Gasteiger partial charge in [-0.3, -0.25) is 9.78 Å². The number of hydrogen-bond donors (Lipinski definition) is 0. The molecule has 1 fully saturated rings. The third-order valence-electron chi connectivity index (χ3n) is 3.61. The summed E-state index contributed by atoms with van der Waals surface area (Å²) in [5, 5.41) is 0. The van der Waals surface area contributed by atoms with E-state index in [1.807, 2.05) is 23.1 Å². The molecular weight excluding hydrogens is 332 g/mol. The maximum Gasteiger partial charge on any atom is 0.247 e. The van der Waals surface area contributed by atoms with Gasteiger partial charge in [-0.05, 0) is 64.7 Å². The molecule has 2 aromatic rings. The van der Waals surface area contributed by atoms with Crippen LogP contribution in [0.5, 0.6) is 0 Å². The van der Waals surface area contributed by atoms with Crippen molar-refractivity contribution in [2.75, 3.05) is 6.54 Å². The number of carbonyl (C=O) groups is 1. The molecule has 1 unspecified atom stereocenters. The Morgan fingerprint density at radius 1 is 1.33 bits per heavy atom. The fourth-order valence-corrected chi connectivity index (χ4v) is 2.95. The fraction of sp³-hybridized carbons (Fsp3) is 0.250. The Balaban J connectivity index is 1.73.